The van der Waals surface area contributed by atoms with E-state index in [9.17, 15) is 4.79 Å². The number of thiophene rings is 1. The van der Waals surface area contributed by atoms with Crippen molar-refractivity contribution in [2.24, 2.45) is 0 Å². The fourth-order valence-corrected chi connectivity index (χ4v) is 3.89. The van der Waals surface area contributed by atoms with Crippen LogP contribution < -0.4 is 0 Å². The second-order valence-electron chi connectivity index (χ2n) is 4.85. The largest absolute Gasteiger partial charge is 0.294 e. The van der Waals surface area contributed by atoms with Gasteiger partial charge in [0.15, 0.2) is 5.78 Å². The Morgan fingerprint density at radius 1 is 1.21 bits per heavy atom. The lowest BCUT2D eigenvalue weighted by Crippen LogP contribution is -1.97. The zero-order valence-corrected chi connectivity index (χ0v) is 13.6. The minimum absolute atomic E-state index is 0.292. The summed E-state index contributed by atoms with van der Waals surface area (Å²) in [6.07, 6.45) is 6.65. The molecule has 1 aromatic carbocycles. The molecule has 0 atom stereocenters. The Morgan fingerprint density at radius 3 is 2.79 bits per heavy atom. The molecule has 2 aromatic rings. The van der Waals surface area contributed by atoms with Crippen LogP contribution in [0.1, 0.15) is 55.8 Å². The minimum atomic E-state index is 0.292. The van der Waals surface area contributed by atoms with Crippen molar-refractivity contribution in [3.05, 3.63) is 33.6 Å². The minimum Gasteiger partial charge on any atom is -0.294 e. The first kappa shape index (κ1) is 14.7. The molecule has 0 fully saturated rings. The number of carbonyl (C=O) groups is 1. The van der Waals surface area contributed by atoms with E-state index in [1.165, 1.54) is 30.4 Å². The van der Waals surface area contributed by atoms with E-state index < -0.39 is 0 Å². The third kappa shape index (κ3) is 3.67. The Kier molecular flexibility index (Phi) is 5.59. The Labute approximate surface area is 127 Å². The van der Waals surface area contributed by atoms with Crippen molar-refractivity contribution >= 4 is 43.1 Å². The van der Waals surface area contributed by atoms with E-state index in [1.54, 1.807) is 11.3 Å². The number of Topliss-reactive ketones (excluding diaryl/α,β-unsaturated/α-hetero) is 1. The first-order valence-electron chi connectivity index (χ1n) is 6.93. The summed E-state index contributed by atoms with van der Waals surface area (Å²) in [6, 6.07) is 6.07. The molecule has 102 valence electrons. The van der Waals surface area contributed by atoms with Gasteiger partial charge in [-0.15, -0.1) is 11.3 Å². The van der Waals surface area contributed by atoms with Crippen molar-refractivity contribution in [2.45, 2.75) is 45.4 Å². The van der Waals surface area contributed by atoms with E-state index in [-0.39, 0.29) is 0 Å². The number of hydrogen-bond acceptors (Lipinski definition) is 2. The molecule has 1 aromatic heterocycles. The number of ketones is 1. The first-order chi connectivity index (χ1) is 9.24. The van der Waals surface area contributed by atoms with Gasteiger partial charge >= 0.3 is 0 Å². The van der Waals surface area contributed by atoms with E-state index in [0.29, 0.717) is 12.2 Å². The number of carbonyl (C=O) groups excluding carboxylic acids is 1. The van der Waals surface area contributed by atoms with Crippen LogP contribution in [0.5, 0.6) is 0 Å². The maximum atomic E-state index is 12.3. The zero-order chi connectivity index (χ0) is 13.7. The summed E-state index contributed by atoms with van der Waals surface area (Å²) < 4.78 is 2.26. The summed E-state index contributed by atoms with van der Waals surface area (Å²) in [5.74, 6) is 0.292. The van der Waals surface area contributed by atoms with Crippen molar-refractivity contribution < 1.29 is 4.79 Å². The van der Waals surface area contributed by atoms with Gasteiger partial charge in [0.25, 0.3) is 0 Å². The molecule has 1 nitrogen and oxygen atoms in total. The Morgan fingerprint density at radius 2 is 2.00 bits per heavy atom. The van der Waals surface area contributed by atoms with Crippen LogP contribution >= 0.6 is 27.3 Å². The summed E-state index contributed by atoms with van der Waals surface area (Å²) in [6.45, 7) is 2.21. The molecule has 19 heavy (non-hydrogen) atoms. The van der Waals surface area contributed by atoms with Crippen molar-refractivity contribution in [3.63, 3.8) is 0 Å². The van der Waals surface area contributed by atoms with Gasteiger partial charge in [0, 0.05) is 31.9 Å². The summed E-state index contributed by atoms with van der Waals surface area (Å²) in [4.78, 5) is 12.3. The van der Waals surface area contributed by atoms with Crippen LogP contribution in [0, 0.1) is 0 Å². The van der Waals surface area contributed by atoms with Gasteiger partial charge in [0.05, 0.1) is 0 Å². The molecule has 0 N–H and O–H groups in total. The molecular formula is C16H19BrOS. The highest BCUT2D eigenvalue weighted by atomic mass is 79.9. The lowest BCUT2D eigenvalue weighted by atomic mass is 10.0. The number of fused-ring (bicyclic) bond motifs is 1. The van der Waals surface area contributed by atoms with Crippen LogP contribution in [0.3, 0.4) is 0 Å². The molecule has 3 heteroatoms. The molecule has 1 heterocycles. The highest BCUT2D eigenvalue weighted by molar-refractivity contribution is 9.10. The van der Waals surface area contributed by atoms with Gasteiger partial charge in [-0.3, -0.25) is 4.79 Å². The van der Waals surface area contributed by atoms with Crippen LogP contribution in [-0.2, 0) is 0 Å². The maximum Gasteiger partial charge on any atom is 0.164 e. The van der Waals surface area contributed by atoms with E-state index in [0.717, 1.165) is 21.8 Å². The number of unbranched alkanes of at least 4 members (excludes halogenated alkanes) is 4. The Balaban J connectivity index is 2.00. The second-order valence-corrected chi connectivity index (χ2v) is 6.59. The van der Waals surface area contributed by atoms with Crippen molar-refractivity contribution in [3.8, 4) is 0 Å². The van der Waals surface area contributed by atoms with E-state index in [4.69, 9.17) is 0 Å². The van der Waals surface area contributed by atoms with Crippen LogP contribution in [0.4, 0.5) is 0 Å². The molecule has 0 spiro atoms. The summed E-state index contributed by atoms with van der Waals surface area (Å²) in [5, 5.41) is 3.10. The van der Waals surface area contributed by atoms with Crippen LogP contribution in [0.25, 0.3) is 10.1 Å². The SMILES string of the molecule is CCCCCCCC(=O)c1csc2c(Br)cccc12. The molecule has 0 radical (unpaired) electrons. The fourth-order valence-electron chi connectivity index (χ4n) is 2.26. The number of halogens is 1. The summed E-state index contributed by atoms with van der Waals surface area (Å²) >= 11 is 5.19. The van der Waals surface area contributed by atoms with E-state index in [1.807, 2.05) is 23.6 Å². The molecule has 0 aliphatic carbocycles. The number of hydrogen-bond donors (Lipinski definition) is 0. The third-order valence-corrected chi connectivity index (χ3v) is 5.31. The molecular weight excluding hydrogens is 320 g/mol. The molecule has 0 unspecified atom stereocenters. The van der Waals surface area contributed by atoms with Crippen LogP contribution in [0.15, 0.2) is 28.1 Å². The Bertz CT molecular complexity index is 559. The van der Waals surface area contributed by atoms with Gasteiger partial charge in [-0.1, -0.05) is 44.7 Å². The smallest absolute Gasteiger partial charge is 0.164 e. The summed E-state index contributed by atoms with van der Waals surface area (Å²) in [5.41, 5.74) is 0.900. The summed E-state index contributed by atoms with van der Waals surface area (Å²) in [7, 11) is 0. The molecule has 0 saturated carbocycles. The van der Waals surface area contributed by atoms with Crippen LogP contribution in [0.2, 0.25) is 0 Å². The third-order valence-electron chi connectivity index (χ3n) is 3.36. The highest BCUT2D eigenvalue weighted by Crippen LogP contribution is 2.33. The quantitative estimate of drug-likeness (QED) is 0.433. The van der Waals surface area contributed by atoms with Gasteiger partial charge in [0.1, 0.15) is 0 Å². The lowest BCUT2D eigenvalue weighted by molar-refractivity contribution is 0.0981. The molecule has 0 amide bonds. The van der Waals surface area contributed by atoms with Gasteiger partial charge in [-0.05, 0) is 28.4 Å². The predicted molar refractivity (Wildman–Crippen MR) is 87.2 cm³/mol. The van der Waals surface area contributed by atoms with E-state index >= 15 is 0 Å². The van der Waals surface area contributed by atoms with Crippen molar-refractivity contribution in [1.29, 1.82) is 0 Å². The average molecular weight is 339 g/mol. The highest BCUT2D eigenvalue weighted by Gasteiger charge is 2.12. The fraction of sp³-hybridized carbons (Fsp3) is 0.438. The number of benzene rings is 1. The molecule has 0 aliphatic rings. The van der Waals surface area contributed by atoms with Crippen molar-refractivity contribution in [1.82, 2.24) is 0 Å². The van der Waals surface area contributed by atoms with Gasteiger partial charge < -0.3 is 0 Å². The molecule has 0 aliphatic heterocycles. The molecule has 0 bridgehead atoms. The molecule has 0 saturated heterocycles. The normalized spacial score (nSPS) is 11.1. The lowest BCUT2D eigenvalue weighted by Gasteiger charge is -2.01. The molecule has 2 rings (SSSR count). The maximum absolute atomic E-state index is 12.3. The second kappa shape index (κ2) is 7.20. The van der Waals surface area contributed by atoms with Crippen LogP contribution in [-0.4, -0.2) is 5.78 Å². The monoisotopic (exact) mass is 338 g/mol. The van der Waals surface area contributed by atoms with Crippen molar-refractivity contribution in [2.75, 3.05) is 0 Å². The van der Waals surface area contributed by atoms with Gasteiger partial charge in [-0.25, -0.2) is 0 Å². The first-order valence-corrected chi connectivity index (χ1v) is 8.60. The average Bonchev–Trinajstić information content (AvgIpc) is 2.84. The predicted octanol–water partition coefficient (Wildman–Crippen LogP) is 6.21. The Hall–Kier alpha value is -0.670. The topological polar surface area (TPSA) is 17.1 Å². The van der Waals surface area contributed by atoms with Gasteiger partial charge in [-0.2, -0.15) is 0 Å². The standard InChI is InChI=1S/C16H19BrOS/c1-2-3-4-5-6-10-15(18)13-11-19-16-12(13)8-7-9-14(16)17/h7-9,11H,2-6,10H2,1H3. The van der Waals surface area contributed by atoms with Gasteiger partial charge in [0.2, 0.25) is 0 Å². The number of rotatable bonds is 7. The van der Waals surface area contributed by atoms with E-state index in [2.05, 4.69) is 22.9 Å². The zero-order valence-electron chi connectivity index (χ0n) is 11.2.